The van der Waals surface area contributed by atoms with Crippen LogP contribution in [0.4, 0.5) is 0 Å². The van der Waals surface area contributed by atoms with Gasteiger partial charge in [-0.15, -0.1) is 0 Å². The number of aliphatic hydroxyl groups excluding tert-OH is 1. The Balaban J connectivity index is 2.23. The van der Waals surface area contributed by atoms with E-state index in [-0.39, 0.29) is 24.3 Å². The highest BCUT2D eigenvalue weighted by Crippen LogP contribution is 2.43. The molecule has 0 atom stereocenters. The molecule has 0 spiro atoms. The molecule has 0 saturated heterocycles. The van der Waals surface area contributed by atoms with E-state index in [1.165, 1.54) is 0 Å². The SMILES string of the molecule is O=C(O)CC1(CC(=O)NCCSCCCO)CCCC1. The van der Waals surface area contributed by atoms with Crippen LogP contribution in [-0.2, 0) is 9.59 Å². The first kappa shape index (κ1) is 17.3. The standard InChI is InChI=1S/C14H25NO4S/c16-7-3-8-20-9-6-15-12(17)10-14(11-13(18)19)4-1-2-5-14/h16H,1-11H2,(H,15,17)(H,18,19). The molecule has 0 aromatic rings. The lowest BCUT2D eigenvalue weighted by Gasteiger charge is -2.26. The largest absolute Gasteiger partial charge is 0.481 e. The number of carboxylic acids is 1. The maximum atomic E-state index is 11.9. The average molecular weight is 303 g/mol. The van der Waals surface area contributed by atoms with E-state index in [0.29, 0.717) is 13.0 Å². The fourth-order valence-corrected chi connectivity index (χ4v) is 3.58. The fourth-order valence-electron chi connectivity index (χ4n) is 2.80. The van der Waals surface area contributed by atoms with Gasteiger partial charge in [-0.2, -0.15) is 11.8 Å². The molecule has 1 rings (SSSR count). The Labute approximate surface area is 124 Å². The molecule has 1 aliphatic carbocycles. The van der Waals surface area contributed by atoms with Crippen molar-refractivity contribution in [2.45, 2.75) is 44.9 Å². The lowest BCUT2D eigenvalue weighted by Crippen LogP contribution is -2.33. The van der Waals surface area contributed by atoms with Gasteiger partial charge in [-0.25, -0.2) is 0 Å². The Morgan fingerprint density at radius 2 is 1.85 bits per heavy atom. The van der Waals surface area contributed by atoms with E-state index in [1.54, 1.807) is 11.8 Å². The van der Waals surface area contributed by atoms with Crippen molar-refractivity contribution < 1.29 is 19.8 Å². The zero-order valence-corrected chi connectivity index (χ0v) is 12.7. The Morgan fingerprint density at radius 1 is 1.15 bits per heavy atom. The minimum Gasteiger partial charge on any atom is -0.481 e. The second-order valence-electron chi connectivity index (χ2n) is 5.49. The van der Waals surface area contributed by atoms with Gasteiger partial charge in [0.05, 0.1) is 6.42 Å². The highest BCUT2D eigenvalue weighted by atomic mass is 32.2. The molecule has 0 aliphatic heterocycles. The first-order valence-electron chi connectivity index (χ1n) is 7.25. The maximum absolute atomic E-state index is 11.9. The minimum absolute atomic E-state index is 0.0316. The number of carboxylic acid groups (broad SMARTS) is 1. The molecule has 0 radical (unpaired) electrons. The molecular formula is C14H25NO4S. The number of carbonyl (C=O) groups excluding carboxylic acids is 1. The van der Waals surface area contributed by atoms with Crippen molar-refractivity contribution in [3.63, 3.8) is 0 Å². The van der Waals surface area contributed by atoms with E-state index in [2.05, 4.69) is 5.32 Å². The third-order valence-electron chi connectivity index (χ3n) is 3.74. The summed E-state index contributed by atoms with van der Waals surface area (Å²) < 4.78 is 0. The molecule has 0 bridgehead atoms. The number of aliphatic hydroxyl groups is 1. The molecule has 3 N–H and O–H groups in total. The van der Waals surface area contributed by atoms with Crippen molar-refractivity contribution in [2.75, 3.05) is 24.7 Å². The molecule has 1 fully saturated rings. The van der Waals surface area contributed by atoms with Crippen molar-refractivity contribution in [2.24, 2.45) is 5.41 Å². The smallest absolute Gasteiger partial charge is 0.303 e. The van der Waals surface area contributed by atoms with Gasteiger partial charge in [0, 0.05) is 25.3 Å². The Kier molecular flexibility index (Phi) is 7.99. The van der Waals surface area contributed by atoms with E-state index in [9.17, 15) is 9.59 Å². The quantitative estimate of drug-likeness (QED) is 0.534. The number of rotatable bonds is 10. The van der Waals surface area contributed by atoms with Crippen LogP contribution in [0.25, 0.3) is 0 Å². The van der Waals surface area contributed by atoms with Crippen molar-refractivity contribution in [3.05, 3.63) is 0 Å². The van der Waals surface area contributed by atoms with Crippen LogP contribution in [0, 0.1) is 5.41 Å². The number of aliphatic carboxylic acids is 1. The van der Waals surface area contributed by atoms with Crippen LogP contribution in [0.3, 0.4) is 0 Å². The Morgan fingerprint density at radius 3 is 2.45 bits per heavy atom. The van der Waals surface area contributed by atoms with Gasteiger partial charge < -0.3 is 15.5 Å². The summed E-state index contributed by atoms with van der Waals surface area (Å²) >= 11 is 1.70. The molecule has 1 aliphatic rings. The van der Waals surface area contributed by atoms with Gasteiger partial charge in [0.25, 0.3) is 0 Å². The summed E-state index contributed by atoms with van der Waals surface area (Å²) in [5.74, 6) is 0.891. The Hall–Kier alpha value is -0.750. The molecule has 0 aromatic carbocycles. The van der Waals surface area contributed by atoms with Gasteiger partial charge >= 0.3 is 5.97 Å². The van der Waals surface area contributed by atoms with E-state index in [4.69, 9.17) is 10.2 Å². The molecule has 20 heavy (non-hydrogen) atoms. The van der Waals surface area contributed by atoms with Gasteiger partial charge in [0.15, 0.2) is 0 Å². The summed E-state index contributed by atoms with van der Waals surface area (Å²) in [7, 11) is 0. The highest BCUT2D eigenvalue weighted by Gasteiger charge is 2.37. The molecular weight excluding hydrogens is 278 g/mol. The maximum Gasteiger partial charge on any atom is 0.303 e. The van der Waals surface area contributed by atoms with Crippen molar-refractivity contribution in [1.29, 1.82) is 0 Å². The molecule has 5 nitrogen and oxygen atoms in total. The number of hydrogen-bond donors (Lipinski definition) is 3. The summed E-state index contributed by atoms with van der Waals surface area (Å²) in [4.78, 5) is 22.9. The van der Waals surface area contributed by atoms with Crippen molar-refractivity contribution >= 4 is 23.6 Å². The van der Waals surface area contributed by atoms with Crippen LogP contribution in [0.1, 0.15) is 44.9 Å². The number of carbonyl (C=O) groups is 2. The third-order valence-corrected chi connectivity index (χ3v) is 4.81. The Bertz CT molecular complexity index is 316. The summed E-state index contributed by atoms with van der Waals surface area (Å²) in [6, 6.07) is 0. The summed E-state index contributed by atoms with van der Waals surface area (Å²) in [6.07, 6.45) is 4.96. The van der Waals surface area contributed by atoms with Gasteiger partial charge in [-0.05, 0) is 30.4 Å². The monoisotopic (exact) mass is 303 g/mol. The molecule has 0 heterocycles. The van der Waals surface area contributed by atoms with E-state index >= 15 is 0 Å². The number of thioether (sulfide) groups is 1. The number of hydrogen-bond acceptors (Lipinski definition) is 4. The second kappa shape index (κ2) is 9.23. The summed E-state index contributed by atoms with van der Waals surface area (Å²) in [6.45, 7) is 0.815. The third kappa shape index (κ3) is 6.61. The van der Waals surface area contributed by atoms with Crippen LogP contribution in [0.2, 0.25) is 0 Å². The molecule has 1 amide bonds. The lowest BCUT2D eigenvalue weighted by atomic mass is 9.79. The van der Waals surface area contributed by atoms with E-state index in [1.807, 2.05) is 0 Å². The molecule has 0 aromatic heterocycles. The van der Waals surface area contributed by atoms with Gasteiger partial charge in [0.2, 0.25) is 5.91 Å². The topological polar surface area (TPSA) is 86.6 Å². The van der Waals surface area contributed by atoms with Crippen molar-refractivity contribution in [3.8, 4) is 0 Å². The predicted molar refractivity (Wildman–Crippen MR) is 79.8 cm³/mol. The zero-order chi connectivity index (χ0) is 14.8. The average Bonchev–Trinajstić information content (AvgIpc) is 2.80. The second-order valence-corrected chi connectivity index (χ2v) is 6.72. The summed E-state index contributed by atoms with van der Waals surface area (Å²) in [5, 5.41) is 20.5. The molecule has 1 saturated carbocycles. The molecule has 116 valence electrons. The zero-order valence-electron chi connectivity index (χ0n) is 11.9. The first-order valence-corrected chi connectivity index (χ1v) is 8.41. The van der Waals surface area contributed by atoms with Gasteiger partial charge in [-0.3, -0.25) is 9.59 Å². The fraction of sp³-hybridized carbons (Fsp3) is 0.857. The number of nitrogens with one attached hydrogen (secondary N) is 1. The van der Waals surface area contributed by atoms with Crippen LogP contribution < -0.4 is 5.32 Å². The van der Waals surface area contributed by atoms with Crippen LogP contribution in [0.5, 0.6) is 0 Å². The van der Waals surface area contributed by atoms with Gasteiger partial charge in [-0.1, -0.05) is 12.8 Å². The molecule has 6 heteroatoms. The summed E-state index contributed by atoms with van der Waals surface area (Å²) in [5.41, 5.74) is -0.319. The molecule has 0 unspecified atom stereocenters. The highest BCUT2D eigenvalue weighted by molar-refractivity contribution is 7.99. The lowest BCUT2D eigenvalue weighted by molar-refractivity contribution is -0.140. The minimum atomic E-state index is -0.806. The van der Waals surface area contributed by atoms with E-state index in [0.717, 1.165) is 43.6 Å². The van der Waals surface area contributed by atoms with Crippen LogP contribution in [0.15, 0.2) is 0 Å². The van der Waals surface area contributed by atoms with E-state index < -0.39 is 5.97 Å². The predicted octanol–water partition coefficient (Wildman–Crippen LogP) is 1.64. The van der Waals surface area contributed by atoms with Crippen LogP contribution in [-0.4, -0.2) is 46.7 Å². The van der Waals surface area contributed by atoms with Gasteiger partial charge in [0.1, 0.15) is 0 Å². The number of amides is 1. The normalized spacial score (nSPS) is 17.1. The first-order chi connectivity index (χ1) is 9.58. The van der Waals surface area contributed by atoms with Crippen LogP contribution >= 0.6 is 11.8 Å². The van der Waals surface area contributed by atoms with Crippen molar-refractivity contribution in [1.82, 2.24) is 5.32 Å².